The summed E-state index contributed by atoms with van der Waals surface area (Å²) in [6.45, 7) is -1.56. The average molecular weight is 340 g/mol. The third-order valence-corrected chi connectivity index (χ3v) is 4.33. The lowest BCUT2D eigenvalue weighted by Gasteiger charge is -2.32. The van der Waals surface area contributed by atoms with E-state index in [-0.39, 0.29) is 17.5 Å². The number of aromatic nitrogens is 2. The van der Waals surface area contributed by atoms with Crippen molar-refractivity contribution in [2.45, 2.75) is 25.3 Å². The van der Waals surface area contributed by atoms with Gasteiger partial charge in [0.1, 0.15) is 0 Å². The number of hydrogen-bond donors (Lipinski definition) is 0. The topological polar surface area (TPSA) is 38.1 Å². The molecule has 2 heterocycles. The van der Waals surface area contributed by atoms with Crippen LogP contribution in [0.1, 0.15) is 41.4 Å². The van der Waals surface area contributed by atoms with E-state index in [1.165, 1.54) is 6.07 Å². The summed E-state index contributed by atoms with van der Waals surface area (Å²) >= 11 is 5.90. The van der Waals surface area contributed by atoms with Crippen LogP contribution in [0.5, 0.6) is 0 Å². The van der Waals surface area contributed by atoms with Crippen LogP contribution in [-0.4, -0.2) is 33.7 Å². The molecule has 1 atom stereocenters. The van der Waals surface area contributed by atoms with Gasteiger partial charge in [0.2, 0.25) is 0 Å². The molecule has 1 aromatic heterocycles. The number of benzene rings is 1. The molecular weight excluding hydrogens is 324 g/mol. The maximum atomic E-state index is 12.6. The first kappa shape index (κ1) is 15.9. The van der Waals surface area contributed by atoms with Crippen molar-refractivity contribution in [1.82, 2.24) is 14.7 Å². The Morgan fingerprint density at radius 3 is 2.65 bits per heavy atom. The van der Waals surface area contributed by atoms with E-state index in [2.05, 4.69) is 5.10 Å². The molecule has 1 amide bonds. The predicted octanol–water partition coefficient (Wildman–Crippen LogP) is 3.95. The molecule has 7 heteroatoms. The molecule has 23 heavy (non-hydrogen) atoms. The zero-order valence-electron chi connectivity index (χ0n) is 12.3. The van der Waals surface area contributed by atoms with Gasteiger partial charge in [-0.25, -0.2) is 4.68 Å². The molecule has 0 aliphatic carbocycles. The second-order valence-corrected chi connectivity index (χ2v) is 6.04. The van der Waals surface area contributed by atoms with Crippen LogP contribution >= 0.6 is 11.6 Å². The largest absolute Gasteiger partial charge is 0.337 e. The van der Waals surface area contributed by atoms with Gasteiger partial charge in [0.25, 0.3) is 5.91 Å². The second kappa shape index (κ2) is 6.66. The number of likely N-dealkylation sites (tertiary alicyclic amines) is 1. The molecule has 4 nitrogen and oxygen atoms in total. The van der Waals surface area contributed by atoms with Gasteiger partial charge in [0.05, 0.1) is 0 Å². The number of amides is 1. The Kier molecular flexibility index (Phi) is 4.61. The van der Waals surface area contributed by atoms with Gasteiger partial charge in [-0.05, 0) is 36.6 Å². The number of carbonyl (C=O) groups excluding carboxylic acids is 1. The first-order valence-corrected chi connectivity index (χ1v) is 7.80. The van der Waals surface area contributed by atoms with Crippen molar-refractivity contribution in [3.8, 4) is 0 Å². The van der Waals surface area contributed by atoms with E-state index >= 15 is 0 Å². The summed E-state index contributed by atoms with van der Waals surface area (Å²) in [7, 11) is 0. The van der Waals surface area contributed by atoms with Crippen LogP contribution in [0.25, 0.3) is 0 Å². The fraction of sp³-hybridized carbons (Fsp3) is 0.375. The molecule has 1 saturated heterocycles. The molecule has 0 unspecified atom stereocenters. The van der Waals surface area contributed by atoms with Crippen molar-refractivity contribution >= 4 is 17.5 Å². The zero-order valence-corrected chi connectivity index (χ0v) is 13.1. The quantitative estimate of drug-likeness (QED) is 0.849. The molecule has 1 aliphatic heterocycles. The minimum Gasteiger partial charge on any atom is -0.337 e. The number of nitrogens with zero attached hydrogens (tertiary/aromatic N) is 3. The summed E-state index contributed by atoms with van der Waals surface area (Å²) in [4.78, 5) is 14.1. The smallest absolute Gasteiger partial charge is 0.333 e. The van der Waals surface area contributed by atoms with Gasteiger partial charge in [-0.15, -0.1) is 0 Å². The zero-order chi connectivity index (χ0) is 16.4. The standard InChI is InChI=1S/C16H16ClF2N3O/c17-13-5-3-11(4-6-13)12-2-1-8-21(10-12)15(23)14-7-9-22(20-14)16(18)19/h3-7,9,12,16H,1-2,8,10H2/t12-/m0/s1. The number of piperidine rings is 1. The highest BCUT2D eigenvalue weighted by Crippen LogP contribution is 2.28. The minimum atomic E-state index is -2.74. The number of rotatable bonds is 3. The minimum absolute atomic E-state index is 0.0575. The van der Waals surface area contributed by atoms with Gasteiger partial charge in [-0.2, -0.15) is 13.9 Å². The summed E-state index contributed by atoms with van der Waals surface area (Å²) in [6.07, 6.45) is 2.98. The van der Waals surface area contributed by atoms with E-state index in [9.17, 15) is 13.6 Å². The fourth-order valence-corrected chi connectivity index (χ4v) is 3.02. The van der Waals surface area contributed by atoms with Crippen molar-refractivity contribution in [2.24, 2.45) is 0 Å². The normalized spacial score (nSPS) is 18.4. The number of hydrogen-bond acceptors (Lipinski definition) is 2. The molecule has 122 valence electrons. The van der Waals surface area contributed by atoms with Crippen LogP contribution in [0, 0.1) is 0 Å². The summed E-state index contributed by atoms with van der Waals surface area (Å²) < 4.78 is 25.6. The summed E-state index contributed by atoms with van der Waals surface area (Å²) in [5.74, 6) is -0.0785. The van der Waals surface area contributed by atoms with Crippen LogP contribution < -0.4 is 0 Å². The Morgan fingerprint density at radius 1 is 1.26 bits per heavy atom. The van der Waals surface area contributed by atoms with Crippen molar-refractivity contribution < 1.29 is 13.6 Å². The van der Waals surface area contributed by atoms with Crippen LogP contribution in [-0.2, 0) is 0 Å². The van der Waals surface area contributed by atoms with Crippen LogP contribution in [0.3, 0.4) is 0 Å². The maximum Gasteiger partial charge on any atom is 0.333 e. The van der Waals surface area contributed by atoms with E-state index < -0.39 is 6.55 Å². The van der Waals surface area contributed by atoms with Crippen molar-refractivity contribution in [3.63, 3.8) is 0 Å². The molecule has 1 aromatic carbocycles. The Hall–Kier alpha value is -1.95. The molecule has 0 spiro atoms. The van der Waals surface area contributed by atoms with Gasteiger partial charge in [-0.3, -0.25) is 4.79 Å². The van der Waals surface area contributed by atoms with Gasteiger partial charge >= 0.3 is 6.55 Å². The van der Waals surface area contributed by atoms with Gasteiger partial charge < -0.3 is 4.90 Å². The number of alkyl halides is 2. The average Bonchev–Trinajstić information content (AvgIpc) is 3.05. The SMILES string of the molecule is O=C(c1ccn(C(F)F)n1)N1CCC[C@H](c2ccc(Cl)cc2)C1. The molecule has 1 fully saturated rings. The van der Waals surface area contributed by atoms with E-state index in [0.29, 0.717) is 22.8 Å². The van der Waals surface area contributed by atoms with Gasteiger partial charge in [0.15, 0.2) is 5.69 Å². The van der Waals surface area contributed by atoms with E-state index in [4.69, 9.17) is 11.6 Å². The first-order valence-electron chi connectivity index (χ1n) is 7.42. The molecule has 0 saturated carbocycles. The molecule has 0 N–H and O–H groups in total. The van der Waals surface area contributed by atoms with Crippen molar-refractivity contribution in [3.05, 3.63) is 52.8 Å². The summed E-state index contributed by atoms with van der Waals surface area (Å²) in [5, 5.41) is 4.33. The maximum absolute atomic E-state index is 12.6. The van der Waals surface area contributed by atoms with Crippen LogP contribution in [0.4, 0.5) is 8.78 Å². The summed E-state index contributed by atoms with van der Waals surface area (Å²) in [6, 6.07) is 8.93. The monoisotopic (exact) mass is 339 g/mol. The Bertz CT molecular complexity index is 687. The lowest BCUT2D eigenvalue weighted by Crippen LogP contribution is -2.39. The number of carbonyl (C=O) groups is 1. The van der Waals surface area contributed by atoms with E-state index in [1.807, 2.05) is 24.3 Å². The first-order chi connectivity index (χ1) is 11.0. The fourth-order valence-electron chi connectivity index (χ4n) is 2.89. The highest BCUT2D eigenvalue weighted by Gasteiger charge is 2.27. The molecule has 0 bridgehead atoms. The van der Waals surface area contributed by atoms with Crippen molar-refractivity contribution in [1.29, 1.82) is 0 Å². The van der Waals surface area contributed by atoms with Crippen LogP contribution in [0.2, 0.25) is 5.02 Å². The van der Waals surface area contributed by atoms with Gasteiger partial charge in [0, 0.05) is 30.2 Å². The third kappa shape index (κ3) is 3.52. The van der Waals surface area contributed by atoms with Crippen molar-refractivity contribution in [2.75, 3.05) is 13.1 Å². The molecular formula is C16H16ClF2N3O. The number of halogens is 3. The predicted molar refractivity (Wildman–Crippen MR) is 82.8 cm³/mol. The molecule has 0 radical (unpaired) electrons. The Labute approximate surface area is 137 Å². The van der Waals surface area contributed by atoms with Gasteiger partial charge in [-0.1, -0.05) is 23.7 Å². The summed E-state index contributed by atoms with van der Waals surface area (Å²) in [5.41, 5.74) is 1.19. The molecule has 2 aromatic rings. The molecule has 3 rings (SSSR count). The van der Waals surface area contributed by atoms with E-state index in [1.54, 1.807) is 4.90 Å². The lowest BCUT2D eigenvalue weighted by molar-refractivity contribution is 0.0547. The van der Waals surface area contributed by atoms with E-state index in [0.717, 1.165) is 24.6 Å². The Balaban J connectivity index is 1.72. The lowest BCUT2D eigenvalue weighted by atomic mass is 9.90. The third-order valence-electron chi connectivity index (χ3n) is 4.08. The molecule has 1 aliphatic rings. The highest BCUT2D eigenvalue weighted by molar-refractivity contribution is 6.30. The second-order valence-electron chi connectivity index (χ2n) is 5.60. The van der Waals surface area contributed by atoms with Crippen LogP contribution in [0.15, 0.2) is 36.5 Å². The Morgan fingerprint density at radius 2 is 2.00 bits per heavy atom. The highest BCUT2D eigenvalue weighted by atomic mass is 35.5.